The molecule has 0 heterocycles. The van der Waals surface area contributed by atoms with Gasteiger partial charge in [0.25, 0.3) is 0 Å². The molecule has 0 aromatic heterocycles. The fourth-order valence-electron chi connectivity index (χ4n) is 1.45. The Kier molecular flexibility index (Phi) is 6.52. The first kappa shape index (κ1) is 15.0. The Balaban J connectivity index is 2.50. The maximum absolute atomic E-state index is 13.3. The largest absolute Gasteiger partial charge is 0.327 e. The Morgan fingerprint density at radius 2 is 2.18 bits per heavy atom. The number of thioether (sulfide) groups is 1. The van der Waals surface area contributed by atoms with E-state index in [0.717, 1.165) is 17.7 Å². The minimum absolute atomic E-state index is 0.0760. The van der Waals surface area contributed by atoms with Gasteiger partial charge in [0.05, 0.1) is 4.47 Å². The number of hydrogen-bond donors (Lipinski definition) is 1. The van der Waals surface area contributed by atoms with Gasteiger partial charge in [-0.15, -0.1) is 0 Å². The van der Waals surface area contributed by atoms with E-state index in [1.807, 2.05) is 17.8 Å². The van der Waals surface area contributed by atoms with E-state index >= 15 is 0 Å². The molecule has 1 aromatic carbocycles. The predicted octanol–water partition coefficient (Wildman–Crippen LogP) is 3.99. The van der Waals surface area contributed by atoms with Gasteiger partial charge in [0.15, 0.2) is 0 Å². The molecule has 17 heavy (non-hydrogen) atoms. The zero-order valence-corrected chi connectivity index (χ0v) is 12.7. The molecule has 4 heteroatoms. The summed E-state index contributed by atoms with van der Waals surface area (Å²) in [7, 11) is 0. The Labute approximate surface area is 115 Å². The van der Waals surface area contributed by atoms with Gasteiger partial charge in [-0.2, -0.15) is 11.8 Å². The van der Waals surface area contributed by atoms with Crippen molar-refractivity contribution < 1.29 is 4.39 Å². The lowest BCUT2D eigenvalue weighted by Gasteiger charge is -2.15. The molecule has 2 N–H and O–H groups in total. The van der Waals surface area contributed by atoms with Gasteiger partial charge in [0.1, 0.15) is 5.82 Å². The number of halogens is 2. The van der Waals surface area contributed by atoms with Crippen LogP contribution in [0.1, 0.15) is 25.8 Å². The van der Waals surface area contributed by atoms with Crippen molar-refractivity contribution in [3.05, 3.63) is 34.1 Å². The van der Waals surface area contributed by atoms with E-state index < -0.39 is 0 Å². The molecule has 0 fully saturated rings. The Hall–Kier alpha value is -0.0600. The summed E-state index contributed by atoms with van der Waals surface area (Å²) in [6, 6.07) is 5.17. The second-order valence-corrected chi connectivity index (χ2v) is 6.49. The highest BCUT2D eigenvalue weighted by molar-refractivity contribution is 9.10. The third-order valence-electron chi connectivity index (χ3n) is 2.68. The summed E-state index contributed by atoms with van der Waals surface area (Å²) in [6.07, 6.45) is 1.86. The van der Waals surface area contributed by atoms with Crippen LogP contribution in [0.5, 0.6) is 0 Å². The molecule has 2 unspecified atom stereocenters. The molecule has 96 valence electrons. The molecule has 0 aliphatic rings. The molecule has 0 aliphatic heterocycles. The van der Waals surface area contributed by atoms with E-state index in [1.165, 1.54) is 6.07 Å². The van der Waals surface area contributed by atoms with Gasteiger partial charge in [0, 0.05) is 17.0 Å². The van der Waals surface area contributed by atoms with Crippen molar-refractivity contribution in [2.75, 3.05) is 5.75 Å². The number of rotatable bonds is 6. The molecule has 1 aromatic rings. The van der Waals surface area contributed by atoms with Crippen LogP contribution >= 0.6 is 27.7 Å². The van der Waals surface area contributed by atoms with E-state index in [2.05, 4.69) is 29.8 Å². The standard InChI is InChI=1S/C13H19BrFNS/c1-3-9(2)17-8-11(16)7-10-5-4-6-12(15)13(10)14/h4-6,9,11H,3,7-8,16H2,1-2H3. The van der Waals surface area contributed by atoms with E-state index in [1.54, 1.807) is 6.07 Å². The average molecular weight is 320 g/mol. The third kappa shape index (κ3) is 4.98. The summed E-state index contributed by atoms with van der Waals surface area (Å²) in [5.74, 6) is 0.696. The third-order valence-corrected chi connectivity index (χ3v) is 5.09. The lowest BCUT2D eigenvalue weighted by atomic mass is 10.1. The van der Waals surface area contributed by atoms with Crippen LogP contribution in [0.15, 0.2) is 22.7 Å². The second kappa shape index (κ2) is 7.39. The van der Waals surface area contributed by atoms with Gasteiger partial charge in [-0.25, -0.2) is 4.39 Å². The van der Waals surface area contributed by atoms with Crippen LogP contribution in [0.2, 0.25) is 0 Å². The lowest BCUT2D eigenvalue weighted by Crippen LogP contribution is -2.26. The molecule has 0 bridgehead atoms. The first-order chi connectivity index (χ1) is 8.04. The van der Waals surface area contributed by atoms with E-state index in [0.29, 0.717) is 16.1 Å². The molecular weight excluding hydrogens is 301 g/mol. The maximum atomic E-state index is 13.3. The van der Waals surface area contributed by atoms with Crippen molar-refractivity contribution in [1.29, 1.82) is 0 Å². The maximum Gasteiger partial charge on any atom is 0.137 e. The summed E-state index contributed by atoms with van der Waals surface area (Å²) < 4.78 is 13.9. The normalized spacial score (nSPS) is 14.6. The Morgan fingerprint density at radius 3 is 2.82 bits per heavy atom. The predicted molar refractivity (Wildman–Crippen MR) is 78.0 cm³/mol. The number of nitrogens with two attached hydrogens (primary N) is 1. The fourth-order valence-corrected chi connectivity index (χ4v) is 2.81. The minimum Gasteiger partial charge on any atom is -0.327 e. The first-order valence-electron chi connectivity index (χ1n) is 5.84. The molecule has 0 saturated heterocycles. The smallest absolute Gasteiger partial charge is 0.137 e. The lowest BCUT2D eigenvalue weighted by molar-refractivity contribution is 0.615. The molecule has 0 spiro atoms. The van der Waals surface area contributed by atoms with Crippen LogP contribution in [-0.2, 0) is 6.42 Å². The van der Waals surface area contributed by atoms with Gasteiger partial charge in [0.2, 0.25) is 0 Å². The summed E-state index contributed by atoms with van der Waals surface area (Å²) in [5.41, 5.74) is 7.01. The first-order valence-corrected chi connectivity index (χ1v) is 7.68. The van der Waals surface area contributed by atoms with Crippen molar-refractivity contribution in [3.63, 3.8) is 0 Å². The monoisotopic (exact) mass is 319 g/mol. The van der Waals surface area contributed by atoms with Crippen molar-refractivity contribution >= 4 is 27.7 Å². The fraction of sp³-hybridized carbons (Fsp3) is 0.538. The van der Waals surface area contributed by atoms with Gasteiger partial charge >= 0.3 is 0 Å². The molecule has 0 aliphatic carbocycles. The minimum atomic E-state index is -0.218. The van der Waals surface area contributed by atoms with Crippen LogP contribution < -0.4 is 5.73 Å². The van der Waals surface area contributed by atoms with Gasteiger partial charge in [-0.05, 0) is 40.4 Å². The van der Waals surface area contributed by atoms with E-state index in [-0.39, 0.29) is 11.9 Å². The molecule has 0 amide bonds. The van der Waals surface area contributed by atoms with Crippen LogP contribution in [-0.4, -0.2) is 17.0 Å². The van der Waals surface area contributed by atoms with Gasteiger partial charge in [-0.1, -0.05) is 26.0 Å². The topological polar surface area (TPSA) is 26.0 Å². The van der Waals surface area contributed by atoms with Gasteiger partial charge in [-0.3, -0.25) is 0 Å². The molecule has 2 atom stereocenters. The Bertz CT molecular complexity index is 359. The number of hydrogen-bond acceptors (Lipinski definition) is 2. The van der Waals surface area contributed by atoms with Crippen LogP contribution in [0.4, 0.5) is 4.39 Å². The molecule has 1 nitrogen and oxygen atoms in total. The van der Waals surface area contributed by atoms with Crippen molar-refractivity contribution in [3.8, 4) is 0 Å². The summed E-state index contributed by atoms with van der Waals surface area (Å²) >= 11 is 5.14. The second-order valence-electron chi connectivity index (χ2n) is 4.23. The Morgan fingerprint density at radius 1 is 1.47 bits per heavy atom. The number of benzene rings is 1. The van der Waals surface area contributed by atoms with Crippen molar-refractivity contribution in [2.24, 2.45) is 5.73 Å². The molecule has 0 radical (unpaired) electrons. The zero-order valence-electron chi connectivity index (χ0n) is 10.2. The van der Waals surface area contributed by atoms with Crippen LogP contribution in [0.3, 0.4) is 0 Å². The summed E-state index contributed by atoms with van der Waals surface area (Å²) in [4.78, 5) is 0. The summed E-state index contributed by atoms with van der Waals surface area (Å²) in [6.45, 7) is 4.38. The highest BCUT2D eigenvalue weighted by Crippen LogP contribution is 2.22. The SMILES string of the molecule is CCC(C)SCC(N)Cc1cccc(F)c1Br. The average Bonchev–Trinajstić information content (AvgIpc) is 2.32. The van der Waals surface area contributed by atoms with E-state index in [9.17, 15) is 4.39 Å². The summed E-state index contributed by atoms with van der Waals surface area (Å²) in [5, 5.41) is 0.636. The highest BCUT2D eigenvalue weighted by atomic mass is 79.9. The van der Waals surface area contributed by atoms with Crippen molar-refractivity contribution in [2.45, 2.75) is 38.0 Å². The zero-order chi connectivity index (χ0) is 12.8. The molecule has 1 rings (SSSR count). The van der Waals surface area contributed by atoms with Crippen LogP contribution in [0.25, 0.3) is 0 Å². The highest BCUT2D eigenvalue weighted by Gasteiger charge is 2.11. The van der Waals surface area contributed by atoms with Crippen LogP contribution in [0, 0.1) is 5.82 Å². The molecule has 0 saturated carbocycles. The quantitative estimate of drug-likeness (QED) is 0.858. The van der Waals surface area contributed by atoms with Crippen molar-refractivity contribution in [1.82, 2.24) is 0 Å². The van der Waals surface area contributed by atoms with Gasteiger partial charge < -0.3 is 5.73 Å². The van der Waals surface area contributed by atoms with E-state index in [4.69, 9.17) is 5.73 Å². The molecular formula is C13H19BrFNS.